The van der Waals surface area contributed by atoms with Crippen LogP contribution < -0.4 is 14.2 Å². The molecule has 2 aromatic carbocycles. The quantitative estimate of drug-likeness (QED) is 0.197. The molecule has 3 rings (SSSR count). The van der Waals surface area contributed by atoms with Crippen LogP contribution in [0.15, 0.2) is 48.5 Å². The molecule has 7 nitrogen and oxygen atoms in total. The van der Waals surface area contributed by atoms with Crippen molar-refractivity contribution in [1.82, 2.24) is 0 Å². The maximum atomic E-state index is 12.5. The summed E-state index contributed by atoms with van der Waals surface area (Å²) in [6, 6.07) is 13.2. The van der Waals surface area contributed by atoms with Crippen LogP contribution in [-0.4, -0.2) is 38.0 Å². The van der Waals surface area contributed by atoms with Crippen LogP contribution in [-0.2, 0) is 14.3 Å². The molecular weight excluding hydrogens is 448 g/mol. The molecule has 1 aliphatic heterocycles. The third kappa shape index (κ3) is 9.00. The van der Waals surface area contributed by atoms with E-state index in [1.54, 1.807) is 48.5 Å². The molecule has 1 aliphatic rings. The van der Waals surface area contributed by atoms with E-state index >= 15 is 0 Å². The molecule has 1 heterocycles. The Bertz CT molecular complexity index is 900. The standard InChI is InChI=1S/C28H36O7/c1-3-5-7-8-9-26-32-19-22(20-33-26)28(30)35-24-12-10-21(11-13-24)27(29)34-25-16-14-23(15-17-25)31-18-6-4-2/h10-17,22,26H,3-9,18-20H2,1-2H3. The molecular formula is C28H36O7. The highest BCUT2D eigenvalue weighted by molar-refractivity contribution is 5.91. The van der Waals surface area contributed by atoms with Gasteiger partial charge < -0.3 is 23.7 Å². The average Bonchev–Trinajstić information content (AvgIpc) is 2.88. The molecule has 7 heteroatoms. The molecule has 0 unspecified atom stereocenters. The van der Waals surface area contributed by atoms with Gasteiger partial charge in [-0.15, -0.1) is 0 Å². The van der Waals surface area contributed by atoms with Crippen molar-refractivity contribution in [2.45, 2.75) is 65.1 Å². The van der Waals surface area contributed by atoms with E-state index in [1.807, 2.05) is 0 Å². The van der Waals surface area contributed by atoms with Crippen LogP contribution in [0.5, 0.6) is 17.2 Å². The second-order valence-corrected chi connectivity index (χ2v) is 8.65. The maximum absolute atomic E-state index is 12.5. The van der Waals surface area contributed by atoms with E-state index in [1.165, 1.54) is 12.8 Å². The zero-order valence-corrected chi connectivity index (χ0v) is 20.7. The summed E-state index contributed by atoms with van der Waals surface area (Å²) in [5.41, 5.74) is 0.350. The number of hydrogen-bond donors (Lipinski definition) is 0. The van der Waals surface area contributed by atoms with Gasteiger partial charge in [-0.05, 0) is 67.8 Å². The third-order valence-electron chi connectivity index (χ3n) is 5.70. The first-order chi connectivity index (χ1) is 17.1. The lowest BCUT2D eigenvalue weighted by Gasteiger charge is -2.28. The van der Waals surface area contributed by atoms with Gasteiger partial charge in [0.2, 0.25) is 0 Å². The number of benzene rings is 2. The first kappa shape index (κ1) is 26.7. The molecule has 2 aromatic rings. The molecule has 1 saturated heterocycles. The van der Waals surface area contributed by atoms with Gasteiger partial charge in [-0.25, -0.2) is 4.79 Å². The van der Waals surface area contributed by atoms with Crippen molar-refractivity contribution in [2.75, 3.05) is 19.8 Å². The number of carbonyl (C=O) groups is 2. The molecule has 0 spiro atoms. The molecule has 0 aliphatic carbocycles. The molecule has 1 fully saturated rings. The van der Waals surface area contributed by atoms with Gasteiger partial charge >= 0.3 is 11.9 Å². The lowest BCUT2D eigenvalue weighted by Crippen LogP contribution is -2.38. The Morgan fingerprint density at radius 2 is 1.37 bits per heavy atom. The van der Waals surface area contributed by atoms with Crippen molar-refractivity contribution in [3.05, 3.63) is 54.1 Å². The fourth-order valence-corrected chi connectivity index (χ4v) is 3.55. The fraction of sp³-hybridized carbons (Fsp3) is 0.500. The minimum Gasteiger partial charge on any atom is -0.494 e. The lowest BCUT2D eigenvalue weighted by molar-refractivity contribution is -0.208. The second-order valence-electron chi connectivity index (χ2n) is 8.65. The molecule has 0 amide bonds. The number of unbranched alkanes of at least 4 members (excludes halogenated alkanes) is 4. The highest BCUT2D eigenvalue weighted by atomic mass is 16.7. The van der Waals surface area contributed by atoms with Gasteiger partial charge in [-0.1, -0.05) is 39.5 Å². The molecule has 0 bridgehead atoms. The first-order valence-corrected chi connectivity index (χ1v) is 12.6. The summed E-state index contributed by atoms with van der Waals surface area (Å²) in [5, 5.41) is 0. The van der Waals surface area contributed by atoms with Crippen LogP contribution in [0.3, 0.4) is 0 Å². The molecule has 0 aromatic heterocycles. The van der Waals surface area contributed by atoms with Gasteiger partial charge in [-0.2, -0.15) is 0 Å². The average molecular weight is 485 g/mol. The van der Waals surface area contributed by atoms with E-state index in [-0.39, 0.29) is 19.5 Å². The van der Waals surface area contributed by atoms with Crippen LogP contribution in [0.4, 0.5) is 0 Å². The number of rotatable bonds is 13. The maximum Gasteiger partial charge on any atom is 0.343 e. The van der Waals surface area contributed by atoms with Crippen LogP contribution in [0.1, 0.15) is 69.2 Å². The van der Waals surface area contributed by atoms with E-state index in [0.717, 1.165) is 37.9 Å². The van der Waals surface area contributed by atoms with Crippen molar-refractivity contribution >= 4 is 11.9 Å². The summed E-state index contributed by atoms with van der Waals surface area (Å²) in [7, 11) is 0. The second kappa shape index (κ2) is 14.5. The van der Waals surface area contributed by atoms with Gasteiger partial charge in [0.15, 0.2) is 6.29 Å². The smallest absolute Gasteiger partial charge is 0.343 e. The fourth-order valence-electron chi connectivity index (χ4n) is 3.55. The van der Waals surface area contributed by atoms with E-state index in [0.29, 0.717) is 23.7 Å². The monoisotopic (exact) mass is 484 g/mol. The molecule has 35 heavy (non-hydrogen) atoms. The van der Waals surface area contributed by atoms with Crippen LogP contribution in [0, 0.1) is 5.92 Å². The van der Waals surface area contributed by atoms with E-state index in [9.17, 15) is 9.59 Å². The number of ether oxygens (including phenoxy) is 5. The van der Waals surface area contributed by atoms with Gasteiger partial charge in [0.05, 0.1) is 25.4 Å². The summed E-state index contributed by atoms with van der Waals surface area (Å²) in [6.45, 7) is 5.50. The SMILES string of the molecule is CCCCCCC1OCC(C(=O)Oc2ccc(C(=O)Oc3ccc(OCCCC)cc3)cc2)CO1. The predicted molar refractivity (Wildman–Crippen MR) is 132 cm³/mol. The van der Waals surface area contributed by atoms with Crippen molar-refractivity contribution in [1.29, 1.82) is 0 Å². The van der Waals surface area contributed by atoms with Crippen molar-refractivity contribution in [3.63, 3.8) is 0 Å². The summed E-state index contributed by atoms with van der Waals surface area (Å²) < 4.78 is 27.8. The van der Waals surface area contributed by atoms with Gasteiger partial charge in [0.25, 0.3) is 0 Å². The Hall–Kier alpha value is -2.90. The Morgan fingerprint density at radius 1 is 0.771 bits per heavy atom. The molecule has 0 radical (unpaired) electrons. The Kier molecular flexibility index (Phi) is 11.1. The Balaban J connectivity index is 1.41. The molecule has 0 saturated carbocycles. The predicted octanol–water partition coefficient (Wildman–Crippen LogP) is 5.95. The third-order valence-corrected chi connectivity index (χ3v) is 5.70. The summed E-state index contributed by atoms with van der Waals surface area (Å²) in [6.07, 6.45) is 7.27. The largest absolute Gasteiger partial charge is 0.494 e. The lowest BCUT2D eigenvalue weighted by atomic mass is 10.1. The molecule has 0 atom stereocenters. The van der Waals surface area contributed by atoms with Crippen molar-refractivity contribution in [3.8, 4) is 17.2 Å². The first-order valence-electron chi connectivity index (χ1n) is 12.6. The van der Waals surface area contributed by atoms with Crippen LogP contribution >= 0.6 is 0 Å². The summed E-state index contributed by atoms with van der Waals surface area (Å²) in [5.74, 6) is 0.129. The normalized spacial score (nSPS) is 17.5. The number of esters is 2. The highest BCUT2D eigenvalue weighted by Gasteiger charge is 2.29. The van der Waals surface area contributed by atoms with Gasteiger partial charge in [0.1, 0.15) is 23.2 Å². The Labute approximate surface area is 207 Å². The summed E-state index contributed by atoms with van der Waals surface area (Å²) >= 11 is 0. The van der Waals surface area contributed by atoms with Gasteiger partial charge in [0, 0.05) is 0 Å². The zero-order valence-electron chi connectivity index (χ0n) is 20.7. The van der Waals surface area contributed by atoms with Crippen molar-refractivity contribution in [2.24, 2.45) is 5.92 Å². The van der Waals surface area contributed by atoms with Crippen LogP contribution in [0.25, 0.3) is 0 Å². The topological polar surface area (TPSA) is 80.3 Å². The summed E-state index contributed by atoms with van der Waals surface area (Å²) in [4.78, 5) is 24.9. The van der Waals surface area contributed by atoms with E-state index in [4.69, 9.17) is 23.7 Å². The minimum atomic E-state index is -0.499. The Morgan fingerprint density at radius 3 is 2.03 bits per heavy atom. The van der Waals surface area contributed by atoms with Crippen LogP contribution in [0.2, 0.25) is 0 Å². The van der Waals surface area contributed by atoms with E-state index in [2.05, 4.69) is 13.8 Å². The zero-order chi connectivity index (χ0) is 24.9. The van der Waals surface area contributed by atoms with Gasteiger partial charge in [-0.3, -0.25) is 4.79 Å². The molecule has 0 N–H and O–H groups in total. The minimum absolute atomic E-state index is 0.244. The van der Waals surface area contributed by atoms with Crippen molar-refractivity contribution < 1.29 is 33.3 Å². The number of carbonyl (C=O) groups excluding carboxylic acids is 2. The van der Waals surface area contributed by atoms with E-state index < -0.39 is 17.9 Å². The highest BCUT2D eigenvalue weighted by Crippen LogP contribution is 2.22. The number of hydrogen-bond acceptors (Lipinski definition) is 7. The molecule has 190 valence electrons.